The first-order valence-corrected chi connectivity index (χ1v) is 5.86. The molecule has 1 N–H and O–H groups in total. The van der Waals surface area contributed by atoms with Crippen LogP contribution < -0.4 is 4.74 Å². The Balaban J connectivity index is 2.14. The second-order valence-corrected chi connectivity index (χ2v) is 4.34. The van der Waals surface area contributed by atoms with Gasteiger partial charge in [0, 0.05) is 18.8 Å². The maximum absolute atomic E-state index is 10.8. The molecule has 0 aliphatic heterocycles. The largest absolute Gasteiger partial charge is 0.487 e. The van der Waals surface area contributed by atoms with Gasteiger partial charge in [-0.1, -0.05) is 11.6 Å². The molecule has 2 heterocycles. The zero-order chi connectivity index (χ0) is 14.0. The van der Waals surface area contributed by atoms with Crippen molar-refractivity contribution in [3.63, 3.8) is 0 Å². The van der Waals surface area contributed by atoms with Crippen LogP contribution >= 0.6 is 11.6 Å². The standard InChI is InChI=1S/C12H12ClN3O3/c1-7-10(11(13)16(2)15-7)6-19-9-3-8(12(17)18)4-14-5-9/h3-5H,6H2,1-2H3,(H,17,18). The molecule has 0 radical (unpaired) electrons. The Morgan fingerprint density at radius 1 is 1.53 bits per heavy atom. The Bertz CT molecular complexity index is 625. The highest BCUT2D eigenvalue weighted by Crippen LogP contribution is 2.21. The highest BCUT2D eigenvalue weighted by molar-refractivity contribution is 6.30. The minimum absolute atomic E-state index is 0.0755. The third kappa shape index (κ3) is 2.85. The SMILES string of the molecule is Cc1nn(C)c(Cl)c1COc1cncc(C(=O)O)c1. The average molecular weight is 282 g/mol. The fourth-order valence-corrected chi connectivity index (χ4v) is 1.84. The van der Waals surface area contributed by atoms with E-state index in [-0.39, 0.29) is 12.2 Å². The number of rotatable bonds is 4. The fraction of sp³-hybridized carbons (Fsp3) is 0.250. The first kappa shape index (κ1) is 13.4. The van der Waals surface area contributed by atoms with E-state index in [1.807, 2.05) is 6.92 Å². The molecule has 7 heteroatoms. The van der Waals surface area contributed by atoms with Crippen molar-refractivity contribution >= 4 is 17.6 Å². The van der Waals surface area contributed by atoms with E-state index in [4.69, 9.17) is 21.4 Å². The Kier molecular flexibility index (Phi) is 3.71. The molecule has 0 aliphatic rings. The lowest BCUT2D eigenvalue weighted by molar-refractivity contribution is 0.0696. The molecule has 2 rings (SSSR count). The van der Waals surface area contributed by atoms with Crippen LogP contribution in [-0.4, -0.2) is 25.8 Å². The number of aromatic nitrogens is 3. The molecular weight excluding hydrogens is 270 g/mol. The van der Waals surface area contributed by atoms with Gasteiger partial charge in [-0.2, -0.15) is 5.10 Å². The highest BCUT2D eigenvalue weighted by Gasteiger charge is 2.12. The van der Waals surface area contributed by atoms with Crippen LogP contribution in [0.5, 0.6) is 5.75 Å². The maximum Gasteiger partial charge on any atom is 0.337 e. The lowest BCUT2D eigenvalue weighted by Gasteiger charge is -2.06. The summed E-state index contributed by atoms with van der Waals surface area (Å²) in [7, 11) is 1.74. The van der Waals surface area contributed by atoms with Crippen molar-refractivity contribution in [2.24, 2.45) is 7.05 Å². The summed E-state index contributed by atoms with van der Waals surface area (Å²) in [6.45, 7) is 2.04. The molecule has 0 aromatic carbocycles. The van der Waals surface area contributed by atoms with E-state index in [1.165, 1.54) is 18.5 Å². The summed E-state index contributed by atoms with van der Waals surface area (Å²) in [6, 6.07) is 1.41. The Morgan fingerprint density at radius 2 is 2.26 bits per heavy atom. The van der Waals surface area contributed by atoms with Crippen LogP contribution in [0.15, 0.2) is 18.5 Å². The molecule has 0 atom stereocenters. The molecule has 0 saturated heterocycles. The van der Waals surface area contributed by atoms with Gasteiger partial charge in [0.05, 0.1) is 17.5 Å². The van der Waals surface area contributed by atoms with E-state index in [0.717, 1.165) is 11.3 Å². The number of carboxylic acid groups (broad SMARTS) is 1. The van der Waals surface area contributed by atoms with E-state index >= 15 is 0 Å². The number of hydrogen-bond donors (Lipinski definition) is 1. The number of carboxylic acids is 1. The second kappa shape index (κ2) is 5.27. The number of carbonyl (C=O) groups is 1. The molecule has 0 saturated carbocycles. The quantitative estimate of drug-likeness (QED) is 0.928. The zero-order valence-corrected chi connectivity index (χ0v) is 11.2. The Hall–Kier alpha value is -2.08. The molecule has 19 heavy (non-hydrogen) atoms. The number of aryl methyl sites for hydroxylation is 2. The Labute approximate surface area is 114 Å². The van der Waals surface area contributed by atoms with Gasteiger partial charge in [-0.15, -0.1) is 0 Å². The summed E-state index contributed by atoms with van der Waals surface area (Å²) in [5, 5.41) is 13.5. The molecule has 2 aromatic heterocycles. The van der Waals surface area contributed by atoms with Gasteiger partial charge >= 0.3 is 5.97 Å². The molecule has 0 spiro atoms. The maximum atomic E-state index is 10.8. The molecule has 0 fully saturated rings. The van der Waals surface area contributed by atoms with Gasteiger partial charge in [0.1, 0.15) is 17.5 Å². The van der Waals surface area contributed by atoms with Gasteiger partial charge in [0.2, 0.25) is 0 Å². The van der Waals surface area contributed by atoms with Crippen molar-refractivity contribution in [1.82, 2.24) is 14.8 Å². The van der Waals surface area contributed by atoms with Crippen LogP contribution in [0.2, 0.25) is 5.15 Å². The van der Waals surface area contributed by atoms with Crippen molar-refractivity contribution in [1.29, 1.82) is 0 Å². The van der Waals surface area contributed by atoms with Gasteiger partial charge in [0.15, 0.2) is 0 Å². The van der Waals surface area contributed by atoms with Crippen LogP contribution in [-0.2, 0) is 13.7 Å². The first-order chi connectivity index (χ1) is 8.99. The molecular formula is C12H12ClN3O3. The third-order valence-electron chi connectivity index (χ3n) is 2.61. The third-order valence-corrected chi connectivity index (χ3v) is 3.09. The normalized spacial score (nSPS) is 10.5. The van der Waals surface area contributed by atoms with Gasteiger partial charge in [0.25, 0.3) is 0 Å². The van der Waals surface area contributed by atoms with E-state index < -0.39 is 5.97 Å². The van der Waals surface area contributed by atoms with E-state index in [2.05, 4.69) is 10.1 Å². The molecule has 0 aliphatic carbocycles. The second-order valence-electron chi connectivity index (χ2n) is 3.98. The molecule has 0 unspecified atom stereocenters. The summed E-state index contributed by atoms with van der Waals surface area (Å²) >= 11 is 6.07. The molecule has 2 aromatic rings. The van der Waals surface area contributed by atoms with Gasteiger partial charge in [-0.25, -0.2) is 4.79 Å². The minimum Gasteiger partial charge on any atom is -0.487 e. The van der Waals surface area contributed by atoms with Crippen molar-refractivity contribution in [3.05, 3.63) is 40.4 Å². The van der Waals surface area contributed by atoms with Gasteiger partial charge in [-0.05, 0) is 13.0 Å². The van der Waals surface area contributed by atoms with Crippen LogP contribution in [0.1, 0.15) is 21.6 Å². The lowest BCUT2D eigenvalue weighted by atomic mass is 10.2. The van der Waals surface area contributed by atoms with E-state index in [0.29, 0.717) is 10.9 Å². The molecule has 6 nitrogen and oxygen atoms in total. The number of halogens is 1. The number of aromatic carboxylic acids is 1. The lowest BCUT2D eigenvalue weighted by Crippen LogP contribution is -2.01. The molecule has 0 amide bonds. The predicted molar refractivity (Wildman–Crippen MR) is 68.5 cm³/mol. The van der Waals surface area contributed by atoms with Crippen molar-refractivity contribution in [2.45, 2.75) is 13.5 Å². The number of nitrogens with zero attached hydrogens (tertiary/aromatic N) is 3. The number of hydrogen-bond acceptors (Lipinski definition) is 4. The van der Waals surface area contributed by atoms with Gasteiger partial charge < -0.3 is 9.84 Å². The zero-order valence-electron chi connectivity index (χ0n) is 10.4. The molecule has 0 bridgehead atoms. The smallest absolute Gasteiger partial charge is 0.337 e. The number of pyridine rings is 1. The van der Waals surface area contributed by atoms with Crippen LogP contribution in [0.3, 0.4) is 0 Å². The fourth-order valence-electron chi connectivity index (χ4n) is 1.61. The Morgan fingerprint density at radius 3 is 2.84 bits per heavy atom. The summed E-state index contributed by atoms with van der Waals surface area (Å²) in [5.74, 6) is -0.673. The highest BCUT2D eigenvalue weighted by atomic mass is 35.5. The average Bonchev–Trinajstić information content (AvgIpc) is 2.61. The van der Waals surface area contributed by atoms with Crippen LogP contribution in [0.25, 0.3) is 0 Å². The van der Waals surface area contributed by atoms with E-state index in [1.54, 1.807) is 11.7 Å². The number of ether oxygens (including phenoxy) is 1. The van der Waals surface area contributed by atoms with Crippen molar-refractivity contribution < 1.29 is 14.6 Å². The minimum atomic E-state index is -1.05. The summed E-state index contributed by atoms with van der Waals surface area (Å²) < 4.78 is 7.05. The molecule has 100 valence electrons. The topological polar surface area (TPSA) is 77.2 Å². The van der Waals surface area contributed by atoms with Crippen molar-refractivity contribution in [3.8, 4) is 5.75 Å². The predicted octanol–water partition coefficient (Wildman–Crippen LogP) is 2.05. The first-order valence-electron chi connectivity index (χ1n) is 5.48. The summed E-state index contributed by atoms with van der Waals surface area (Å²) in [4.78, 5) is 14.6. The summed E-state index contributed by atoms with van der Waals surface area (Å²) in [5.41, 5.74) is 1.62. The van der Waals surface area contributed by atoms with E-state index in [9.17, 15) is 4.79 Å². The van der Waals surface area contributed by atoms with Crippen molar-refractivity contribution in [2.75, 3.05) is 0 Å². The van der Waals surface area contributed by atoms with Gasteiger partial charge in [-0.3, -0.25) is 9.67 Å². The van der Waals surface area contributed by atoms with Crippen LogP contribution in [0, 0.1) is 6.92 Å². The van der Waals surface area contributed by atoms with Crippen LogP contribution in [0.4, 0.5) is 0 Å². The summed E-state index contributed by atoms with van der Waals surface area (Å²) in [6.07, 6.45) is 2.71. The monoisotopic (exact) mass is 281 g/mol.